The van der Waals surface area contributed by atoms with Gasteiger partial charge in [-0.3, -0.25) is 4.79 Å². The molecule has 0 spiro atoms. The van der Waals surface area contributed by atoms with Gasteiger partial charge in [0.05, 0.1) is 0 Å². The molecule has 0 aliphatic heterocycles. The minimum Gasteiger partial charge on any atom is -0.300 e. The van der Waals surface area contributed by atoms with E-state index in [1.165, 1.54) is 25.7 Å². The van der Waals surface area contributed by atoms with Crippen LogP contribution in [-0.2, 0) is 4.79 Å². The Bertz CT molecular complexity index is 335. The van der Waals surface area contributed by atoms with Gasteiger partial charge in [0, 0.05) is 5.92 Å². The number of ketones is 1. The predicted molar refractivity (Wildman–Crippen MR) is 67.2 cm³/mol. The van der Waals surface area contributed by atoms with Gasteiger partial charge in [0.2, 0.25) is 0 Å². The van der Waals surface area contributed by atoms with Crippen molar-refractivity contribution in [2.75, 3.05) is 0 Å². The minimum absolute atomic E-state index is 0.288. The van der Waals surface area contributed by atoms with E-state index in [1.54, 1.807) is 18.1 Å². The molecule has 0 saturated carbocycles. The average Bonchev–Trinajstić information content (AvgIpc) is 2.15. The van der Waals surface area contributed by atoms with E-state index in [0.717, 1.165) is 6.42 Å². The first-order valence-corrected chi connectivity index (χ1v) is 6.66. The second kappa shape index (κ2) is 4.01. The lowest BCUT2D eigenvalue weighted by atomic mass is 9.61. The summed E-state index contributed by atoms with van der Waals surface area (Å²) in [6.07, 6.45) is 6.18. The van der Waals surface area contributed by atoms with Crippen molar-refractivity contribution in [3.8, 4) is 0 Å². The minimum atomic E-state index is 0.288. The molecule has 16 heavy (non-hydrogen) atoms. The van der Waals surface area contributed by atoms with Crippen LogP contribution in [-0.4, -0.2) is 5.78 Å². The SMILES string of the molecule is CC(=O)[C@@H]1CCC2=C([C@H]1C)C(C)(C)CCC2. The highest BCUT2D eigenvalue weighted by molar-refractivity contribution is 5.79. The van der Waals surface area contributed by atoms with Gasteiger partial charge in [0.1, 0.15) is 5.78 Å². The van der Waals surface area contributed by atoms with Gasteiger partial charge in [-0.1, -0.05) is 31.9 Å². The Morgan fingerprint density at radius 3 is 2.62 bits per heavy atom. The van der Waals surface area contributed by atoms with Gasteiger partial charge in [0.25, 0.3) is 0 Å². The van der Waals surface area contributed by atoms with Gasteiger partial charge in [-0.05, 0) is 50.4 Å². The van der Waals surface area contributed by atoms with E-state index in [4.69, 9.17) is 0 Å². The van der Waals surface area contributed by atoms with Gasteiger partial charge in [-0.15, -0.1) is 0 Å². The van der Waals surface area contributed by atoms with Crippen LogP contribution >= 0.6 is 0 Å². The summed E-state index contributed by atoms with van der Waals surface area (Å²) in [5, 5.41) is 0. The summed E-state index contributed by atoms with van der Waals surface area (Å²) in [6, 6.07) is 0. The van der Waals surface area contributed by atoms with Crippen LogP contribution in [0.25, 0.3) is 0 Å². The third-order valence-electron chi connectivity index (χ3n) is 4.73. The zero-order valence-electron chi connectivity index (χ0n) is 11.1. The van der Waals surface area contributed by atoms with Crippen LogP contribution in [0.3, 0.4) is 0 Å². The topological polar surface area (TPSA) is 17.1 Å². The summed E-state index contributed by atoms with van der Waals surface area (Å²) in [5.74, 6) is 1.16. The Morgan fingerprint density at radius 1 is 1.31 bits per heavy atom. The Kier molecular flexibility index (Phi) is 2.98. The number of hydrogen-bond donors (Lipinski definition) is 0. The van der Waals surface area contributed by atoms with Crippen molar-refractivity contribution in [2.45, 2.75) is 59.8 Å². The molecule has 0 aromatic heterocycles. The summed E-state index contributed by atoms with van der Waals surface area (Å²) in [7, 11) is 0. The first-order valence-electron chi connectivity index (χ1n) is 6.66. The Balaban J connectivity index is 2.36. The van der Waals surface area contributed by atoms with Gasteiger partial charge >= 0.3 is 0 Å². The van der Waals surface area contributed by atoms with Crippen molar-refractivity contribution in [2.24, 2.45) is 17.3 Å². The molecule has 0 amide bonds. The molecule has 2 aliphatic rings. The normalized spacial score (nSPS) is 33.5. The fourth-order valence-corrected chi connectivity index (χ4v) is 4.03. The number of rotatable bonds is 1. The molecule has 0 saturated heterocycles. The number of Topliss-reactive ketones (excluding diaryl/α,β-unsaturated/α-hetero) is 1. The molecule has 0 radical (unpaired) electrons. The van der Waals surface area contributed by atoms with Crippen molar-refractivity contribution in [1.29, 1.82) is 0 Å². The molecule has 1 heteroatoms. The van der Waals surface area contributed by atoms with Crippen molar-refractivity contribution in [1.82, 2.24) is 0 Å². The second-order valence-corrected chi connectivity index (χ2v) is 6.30. The lowest BCUT2D eigenvalue weighted by Gasteiger charge is -2.44. The molecular formula is C15H24O. The lowest BCUT2D eigenvalue weighted by Crippen LogP contribution is -2.34. The second-order valence-electron chi connectivity index (χ2n) is 6.30. The van der Waals surface area contributed by atoms with Crippen molar-refractivity contribution < 1.29 is 4.79 Å². The maximum Gasteiger partial charge on any atom is 0.133 e. The van der Waals surface area contributed by atoms with E-state index < -0.39 is 0 Å². The quantitative estimate of drug-likeness (QED) is 0.607. The highest BCUT2D eigenvalue weighted by Crippen LogP contribution is 2.50. The van der Waals surface area contributed by atoms with Crippen molar-refractivity contribution in [3.63, 3.8) is 0 Å². The van der Waals surface area contributed by atoms with E-state index in [9.17, 15) is 4.79 Å². The van der Waals surface area contributed by atoms with Gasteiger partial charge in [-0.25, -0.2) is 0 Å². The Hall–Kier alpha value is -0.590. The van der Waals surface area contributed by atoms with Gasteiger partial charge < -0.3 is 0 Å². The molecule has 0 aromatic rings. The summed E-state index contributed by atoms with van der Waals surface area (Å²) in [6.45, 7) is 8.76. The zero-order chi connectivity index (χ0) is 11.9. The molecule has 0 N–H and O–H groups in total. The molecule has 0 unspecified atom stereocenters. The lowest BCUT2D eigenvalue weighted by molar-refractivity contribution is -0.122. The van der Waals surface area contributed by atoms with Crippen LogP contribution in [0.4, 0.5) is 0 Å². The van der Waals surface area contributed by atoms with E-state index in [1.807, 2.05) is 0 Å². The monoisotopic (exact) mass is 220 g/mol. The highest BCUT2D eigenvalue weighted by atomic mass is 16.1. The standard InChI is InChI=1S/C15H24O/c1-10-13(11(2)16)8-7-12-6-5-9-15(3,4)14(10)12/h10,13H,5-9H2,1-4H3/t10-,13+/m0/s1. The maximum absolute atomic E-state index is 11.7. The van der Waals surface area contributed by atoms with E-state index >= 15 is 0 Å². The Morgan fingerprint density at radius 2 is 2.00 bits per heavy atom. The third-order valence-corrected chi connectivity index (χ3v) is 4.73. The average molecular weight is 220 g/mol. The molecule has 0 heterocycles. The molecule has 0 bridgehead atoms. The van der Waals surface area contributed by atoms with Crippen molar-refractivity contribution in [3.05, 3.63) is 11.1 Å². The fourth-order valence-electron chi connectivity index (χ4n) is 4.03. The summed E-state index contributed by atoms with van der Waals surface area (Å²) in [4.78, 5) is 11.7. The van der Waals surface area contributed by atoms with Crippen LogP contribution in [0.15, 0.2) is 11.1 Å². The number of allylic oxidation sites excluding steroid dienone is 2. The van der Waals surface area contributed by atoms with E-state index in [2.05, 4.69) is 20.8 Å². The molecule has 0 aromatic carbocycles. The summed E-state index contributed by atoms with van der Waals surface area (Å²) < 4.78 is 0. The first-order chi connectivity index (χ1) is 7.43. The molecule has 1 nitrogen and oxygen atoms in total. The van der Waals surface area contributed by atoms with Crippen LogP contribution < -0.4 is 0 Å². The Labute approximate surface area is 99.3 Å². The fraction of sp³-hybridized carbons (Fsp3) is 0.800. The molecule has 2 rings (SSSR count). The van der Waals surface area contributed by atoms with Crippen LogP contribution in [0.5, 0.6) is 0 Å². The van der Waals surface area contributed by atoms with Gasteiger partial charge in [-0.2, -0.15) is 0 Å². The first kappa shape index (κ1) is 11.9. The predicted octanol–water partition coefficient (Wildman–Crippen LogP) is 4.13. The molecule has 2 atom stereocenters. The zero-order valence-corrected chi connectivity index (χ0v) is 11.1. The maximum atomic E-state index is 11.7. The van der Waals surface area contributed by atoms with Crippen molar-refractivity contribution >= 4 is 5.78 Å². The largest absolute Gasteiger partial charge is 0.300 e. The summed E-state index contributed by atoms with van der Waals surface area (Å²) in [5.41, 5.74) is 3.65. The van der Waals surface area contributed by atoms with Crippen LogP contribution in [0, 0.1) is 17.3 Å². The van der Waals surface area contributed by atoms with Crippen LogP contribution in [0.2, 0.25) is 0 Å². The smallest absolute Gasteiger partial charge is 0.133 e. The molecule has 2 aliphatic carbocycles. The van der Waals surface area contributed by atoms with Crippen LogP contribution in [0.1, 0.15) is 59.8 Å². The highest BCUT2D eigenvalue weighted by Gasteiger charge is 2.39. The molecule has 90 valence electrons. The third kappa shape index (κ3) is 1.85. The van der Waals surface area contributed by atoms with E-state index in [0.29, 0.717) is 17.1 Å². The molecule has 0 fully saturated rings. The van der Waals surface area contributed by atoms with Gasteiger partial charge in [0.15, 0.2) is 0 Å². The number of hydrogen-bond acceptors (Lipinski definition) is 1. The number of carbonyl (C=O) groups is 1. The van der Waals surface area contributed by atoms with E-state index in [-0.39, 0.29) is 5.92 Å². The number of carbonyl (C=O) groups excluding carboxylic acids is 1. The summed E-state index contributed by atoms with van der Waals surface area (Å²) >= 11 is 0. The molecular weight excluding hydrogens is 196 g/mol.